The number of alkyl halides is 3. The van der Waals surface area contributed by atoms with Crippen molar-refractivity contribution < 1.29 is 35.3 Å². The summed E-state index contributed by atoms with van der Waals surface area (Å²) in [6.07, 6.45) is -1.83. The lowest BCUT2D eigenvalue weighted by molar-refractivity contribution is -0.152. The summed E-state index contributed by atoms with van der Waals surface area (Å²) in [6, 6.07) is 0. The van der Waals surface area contributed by atoms with E-state index in [4.69, 9.17) is 0 Å². The zero-order valence-electron chi connectivity index (χ0n) is 9.45. The maximum absolute atomic E-state index is 11.9. The Morgan fingerprint density at radius 2 is 1.71 bits per heavy atom. The van der Waals surface area contributed by atoms with E-state index in [2.05, 4.69) is 8.92 Å². The largest absolute Gasteiger partial charge is 0.523 e. The van der Waals surface area contributed by atoms with Crippen LogP contribution >= 0.6 is 0 Å². The predicted molar refractivity (Wildman–Crippen MR) is 51.3 cm³/mol. The predicted octanol–water partition coefficient (Wildman–Crippen LogP) is 1.44. The minimum absolute atomic E-state index is 0.0228. The van der Waals surface area contributed by atoms with Crippen LogP contribution in [0.1, 0.15) is 20.8 Å². The average molecular weight is 278 g/mol. The van der Waals surface area contributed by atoms with Crippen LogP contribution in [-0.4, -0.2) is 32.6 Å². The number of rotatable bonds is 5. The van der Waals surface area contributed by atoms with Gasteiger partial charge in [0.05, 0.1) is 6.61 Å². The lowest BCUT2D eigenvalue weighted by Gasteiger charge is -2.14. The average Bonchev–Trinajstić information content (AvgIpc) is 2.11. The molecule has 0 aliphatic rings. The Hall–Kier alpha value is -0.830. The standard InChI is InChI=1S/C8H13F3O5S/c1-5(2)4-15-7(12)6(3)16-17(13,14)8(9,10)11/h5-6H,4H2,1-3H3/t6-/m1/s1. The number of hydrogen-bond donors (Lipinski definition) is 0. The van der Waals surface area contributed by atoms with E-state index in [9.17, 15) is 26.4 Å². The van der Waals surface area contributed by atoms with Crippen LogP contribution in [-0.2, 0) is 23.8 Å². The van der Waals surface area contributed by atoms with Gasteiger partial charge < -0.3 is 4.74 Å². The van der Waals surface area contributed by atoms with Gasteiger partial charge in [-0.1, -0.05) is 13.8 Å². The zero-order chi connectivity index (χ0) is 13.9. The summed E-state index contributed by atoms with van der Waals surface area (Å²) < 4.78 is 65.0. The molecule has 0 aromatic carbocycles. The summed E-state index contributed by atoms with van der Waals surface area (Å²) in [5.74, 6) is -1.18. The van der Waals surface area contributed by atoms with Gasteiger partial charge in [-0.25, -0.2) is 8.98 Å². The molecule has 1 atom stereocenters. The fourth-order valence-electron chi connectivity index (χ4n) is 0.650. The van der Waals surface area contributed by atoms with Crippen molar-refractivity contribution in [2.45, 2.75) is 32.4 Å². The zero-order valence-corrected chi connectivity index (χ0v) is 10.3. The van der Waals surface area contributed by atoms with Crippen LogP contribution in [0, 0.1) is 5.92 Å². The second-order valence-electron chi connectivity index (χ2n) is 3.66. The molecule has 5 nitrogen and oxygen atoms in total. The number of carbonyl (C=O) groups excluding carboxylic acids is 1. The molecule has 0 bridgehead atoms. The molecular formula is C8H13F3O5S. The SMILES string of the molecule is CC(C)COC(=O)[C@@H](C)OS(=O)(=O)C(F)(F)F. The van der Waals surface area contributed by atoms with E-state index in [-0.39, 0.29) is 12.5 Å². The molecule has 0 fully saturated rings. The van der Waals surface area contributed by atoms with Crippen molar-refractivity contribution in [2.75, 3.05) is 6.61 Å². The summed E-state index contributed by atoms with van der Waals surface area (Å²) in [6.45, 7) is 4.26. The molecule has 9 heteroatoms. The molecule has 0 aromatic rings. The van der Waals surface area contributed by atoms with Crippen LogP contribution in [0.15, 0.2) is 0 Å². The Bertz CT molecular complexity index is 360. The molecular weight excluding hydrogens is 265 g/mol. The molecule has 0 aliphatic heterocycles. The second-order valence-corrected chi connectivity index (χ2v) is 5.23. The highest BCUT2D eigenvalue weighted by molar-refractivity contribution is 7.87. The lowest BCUT2D eigenvalue weighted by atomic mass is 10.2. The van der Waals surface area contributed by atoms with Gasteiger partial charge in [0.15, 0.2) is 6.10 Å². The van der Waals surface area contributed by atoms with Crippen molar-refractivity contribution in [3.63, 3.8) is 0 Å². The first-order valence-electron chi connectivity index (χ1n) is 4.63. The van der Waals surface area contributed by atoms with Crippen molar-refractivity contribution in [1.82, 2.24) is 0 Å². The number of carbonyl (C=O) groups is 1. The molecule has 0 unspecified atom stereocenters. The first-order valence-corrected chi connectivity index (χ1v) is 6.04. The first-order chi connectivity index (χ1) is 7.47. The molecule has 0 amide bonds. The summed E-state index contributed by atoms with van der Waals surface area (Å²) in [5, 5.41) is 0. The topological polar surface area (TPSA) is 69.7 Å². The van der Waals surface area contributed by atoms with Gasteiger partial charge >= 0.3 is 21.6 Å². The Kier molecular flexibility index (Phi) is 5.40. The van der Waals surface area contributed by atoms with Crippen LogP contribution in [0.2, 0.25) is 0 Å². The summed E-state index contributed by atoms with van der Waals surface area (Å²) in [7, 11) is -5.78. The van der Waals surface area contributed by atoms with Crippen molar-refractivity contribution in [3.8, 4) is 0 Å². The van der Waals surface area contributed by atoms with Gasteiger partial charge in [-0.3, -0.25) is 0 Å². The number of esters is 1. The van der Waals surface area contributed by atoms with Gasteiger partial charge in [0.1, 0.15) is 0 Å². The highest BCUT2D eigenvalue weighted by Crippen LogP contribution is 2.25. The smallest absolute Gasteiger partial charge is 0.463 e. The molecule has 0 saturated heterocycles. The minimum atomic E-state index is -5.78. The Labute approximate surface area is 97.0 Å². The van der Waals surface area contributed by atoms with Crippen LogP contribution in [0.3, 0.4) is 0 Å². The van der Waals surface area contributed by atoms with Crippen molar-refractivity contribution in [3.05, 3.63) is 0 Å². The van der Waals surface area contributed by atoms with E-state index in [1.165, 1.54) is 0 Å². The Morgan fingerprint density at radius 1 is 1.24 bits per heavy atom. The lowest BCUT2D eigenvalue weighted by Crippen LogP contribution is -2.33. The van der Waals surface area contributed by atoms with Gasteiger partial charge in [-0.15, -0.1) is 0 Å². The molecule has 0 saturated carbocycles. The molecule has 0 spiro atoms. The number of hydrogen-bond acceptors (Lipinski definition) is 5. The molecule has 102 valence electrons. The molecule has 0 aliphatic carbocycles. The molecule has 17 heavy (non-hydrogen) atoms. The normalized spacial score (nSPS) is 14.8. The van der Waals surface area contributed by atoms with Crippen LogP contribution < -0.4 is 0 Å². The van der Waals surface area contributed by atoms with Crippen molar-refractivity contribution in [1.29, 1.82) is 0 Å². The van der Waals surface area contributed by atoms with E-state index in [0.717, 1.165) is 6.92 Å². The van der Waals surface area contributed by atoms with Crippen LogP contribution in [0.25, 0.3) is 0 Å². The molecule has 0 aromatic heterocycles. The summed E-state index contributed by atoms with van der Waals surface area (Å²) >= 11 is 0. The third-order valence-electron chi connectivity index (χ3n) is 1.45. The molecule has 0 heterocycles. The maximum Gasteiger partial charge on any atom is 0.523 e. The van der Waals surface area contributed by atoms with E-state index < -0.39 is 27.7 Å². The quantitative estimate of drug-likeness (QED) is 0.432. The van der Waals surface area contributed by atoms with Gasteiger partial charge in [-0.05, 0) is 12.8 Å². The van der Waals surface area contributed by atoms with Crippen molar-refractivity contribution >= 4 is 16.1 Å². The van der Waals surface area contributed by atoms with Gasteiger partial charge in [0.25, 0.3) is 0 Å². The summed E-state index contributed by atoms with van der Waals surface area (Å²) in [4.78, 5) is 11.1. The third kappa shape index (κ3) is 5.35. The van der Waals surface area contributed by atoms with Crippen molar-refractivity contribution in [2.24, 2.45) is 5.92 Å². The van der Waals surface area contributed by atoms with Gasteiger partial charge in [0, 0.05) is 0 Å². The monoisotopic (exact) mass is 278 g/mol. The number of ether oxygens (including phenoxy) is 1. The van der Waals surface area contributed by atoms with E-state index in [0.29, 0.717) is 0 Å². The van der Waals surface area contributed by atoms with Gasteiger partial charge in [0.2, 0.25) is 0 Å². The Balaban J connectivity index is 4.46. The van der Waals surface area contributed by atoms with E-state index in [1.807, 2.05) is 0 Å². The van der Waals surface area contributed by atoms with Crippen LogP contribution in [0.4, 0.5) is 13.2 Å². The minimum Gasteiger partial charge on any atom is -0.463 e. The van der Waals surface area contributed by atoms with E-state index in [1.54, 1.807) is 13.8 Å². The highest BCUT2D eigenvalue weighted by atomic mass is 32.2. The fraction of sp³-hybridized carbons (Fsp3) is 0.875. The number of halogens is 3. The van der Waals surface area contributed by atoms with Crippen LogP contribution in [0.5, 0.6) is 0 Å². The fourth-order valence-corrected chi connectivity index (χ4v) is 1.22. The maximum atomic E-state index is 11.9. The highest BCUT2D eigenvalue weighted by Gasteiger charge is 2.49. The molecule has 0 rings (SSSR count). The summed E-state index contributed by atoms with van der Waals surface area (Å²) in [5.41, 5.74) is -5.56. The molecule has 0 N–H and O–H groups in total. The van der Waals surface area contributed by atoms with E-state index >= 15 is 0 Å². The third-order valence-corrected chi connectivity index (χ3v) is 2.55. The van der Waals surface area contributed by atoms with Gasteiger partial charge in [-0.2, -0.15) is 21.6 Å². The first kappa shape index (κ1) is 16.2. The second kappa shape index (κ2) is 5.67. The molecule has 0 radical (unpaired) electrons. The Morgan fingerprint density at radius 3 is 2.06 bits per heavy atom.